The second-order valence-corrected chi connectivity index (χ2v) is 7.88. The second kappa shape index (κ2) is 6.52. The molecule has 1 saturated heterocycles. The predicted molar refractivity (Wildman–Crippen MR) is 76.8 cm³/mol. The minimum Gasteiger partial charge on any atom is -0.330 e. The van der Waals surface area contributed by atoms with Crippen LogP contribution in [0.3, 0.4) is 0 Å². The smallest absolute Gasteiger partial charge is 0.279 e. The van der Waals surface area contributed by atoms with Crippen LogP contribution < -0.4 is 10.5 Å². The van der Waals surface area contributed by atoms with Gasteiger partial charge in [0.05, 0.1) is 0 Å². The number of nitrogens with two attached hydrogens (primary N) is 1. The molecule has 1 aliphatic heterocycles. The zero-order valence-electron chi connectivity index (χ0n) is 11.8. The molecular weight excluding hydrogens is 262 g/mol. The number of hydrogen-bond acceptors (Lipinski definition) is 3. The van der Waals surface area contributed by atoms with Crippen LogP contribution in [0.4, 0.5) is 0 Å². The van der Waals surface area contributed by atoms with Gasteiger partial charge in [-0.1, -0.05) is 6.92 Å². The minimum absolute atomic E-state index is 0.124. The van der Waals surface area contributed by atoms with Gasteiger partial charge in [-0.15, -0.1) is 0 Å². The van der Waals surface area contributed by atoms with E-state index in [9.17, 15) is 8.42 Å². The first-order valence-electron chi connectivity index (χ1n) is 7.48. The maximum Gasteiger partial charge on any atom is 0.279 e. The summed E-state index contributed by atoms with van der Waals surface area (Å²) in [5.74, 6) is 1.05. The Bertz CT molecular complexity index is 377. The van der Waals surface area contributed by atoms with Gasteiger partial charge in [-0.3, -0.25) is 0 Å². The number of piperidine rings is 1. The van der Waals surface area contributed by atoms with Crippen molar-refractivity contribution in [1.82, 2.24) is 9.03 Å². The van der Waals surface area contributed by atoms with E-state index in [1.54, 1.807) is 4.31 Å². The van der Waals surface area contributed by atoms with Gasteiger partial charge in [-0.25, -0.2) is 0 Å². The molecule has 1 saturated carbocycles. The molecule has 0 radical (unpaired) electrons. The zero-order chi connectivity index (χ0) is 13.9. The van der Waals surface area contributed by atoms with Crippen molar-refractivity contribution in [1.29, 1.82) is 0 Å². The van der Waals surface area contributed by atoms with Crippen LogP contribution in [0, 0.1) is 11.8 Å². The number of rotatable bonds is 4. The molecule has 0 aromatic rings. The summed E-state index contributed by atoms with van der Waals surface area (Å²) in [5.41, 5.74) is 5.67. The fraction of sp³-hybridized carbons (Fsp3) is 1.00. The van der Waals surface area contributed by atoms with Crippen LogP contribution in [0.25, 0.3) is 0 Å². The SMILES string of the molecule is CC1CCC(NS(=O)(=O)N2CCCC(CN)C2)CC1. The highest BCUT2D eigenvalue weighted by Gasteiger charge is 2.31. The molecular formula is C13H27N3O2S. The Hall–Kier alpha value is -0.170. The highest BCUT2D eigenvalue weighted by molar-refractivity contribution is 7.87. The fourth-order valence-electron chi connectivity index (χ4n) is 3.10. The molecule has 6 heteroatoms. The molecule has 0 aromatic heterocycles. The summed E-state index contributed by atoms with van der Waals surface area (Å²) in [6.07, 6.45) is 6.15. The standard InChI is InChI=1S/C13H27N3O2S/c1-11-4-6-13(7-5-11)15-19(17,18)16-8-2-3-12(9-14)10-16/h11-13,15H,2-10,14H2,1H3. The van der Waals surface area contributed by atoms with E-state index in [0.29, 0.717) is 25.6 Å². The van der Waals surface area contributed by atoms with Crippen molar-refractivity contribution in [3.8, 4) is 0 Å². The summed E-state index contributed by atoms with van der Waals surface area (Å²) < 4.78 is 29.2. The lowest BCUT2D eigenvalue weighted by atomic mass is 9.88. The van der Waals surface area contributed by atoms with E-state index in [0.717, 1.165) is 44.4 Å². The summed E-state index contributed by atoms with van der Waals surface area (Å²) in [5, 5.41) is 0. The highest BCUT2D eigenvalue weighted by Crippen LogP contribution is 2.25. The van der Waals surface area contributed by atoms with Crippen molar-refractivity contribution in [2.45, 2.75) is 51.5 Å². The Morgan fingerprint density at radius 3 is 2.53 bits per heavy atom. The van der Waals surface area contributed by atoms with Crippen molar-refractivity contribution in [2.75, 3.05) is 19.6 Å². The van der Waals surface area contributed by atoms with Gasteiger partial charge in [-0.2, -0.15) is 17.4 Å². The molecule has 1 heterocycles. The first kappa shape index (κ1) is 15.2. The first-order chi connectivity index (χ1) is 9.01. The normalized spacial score (nSPS) is 34.3. The third kappa shape index (κ3) is 4.15. The molecule has 112 valence electrons. The lowest BCUT2D eigenvalue weighted by molar-refractivity contribution is 0.262. The third-order valence-electron chi connectivity index (χ3n) is 4.49. The van der Waals surface area contributed by atoms with Gasteiger partial charge >= 0.3 is 0 Å². The van der Waals surface area contributed by atoms with Crippen molar-refractivity contribution >= 4 is 10.2 Å². The molecule has 2 rings (SSSR count). The van der Waals surface area contributed by atoms with Crippen LogP contribution in [-0.4, -0.2) is 38.4 Å². The molecule has 0 amide bonds. The summed E-state index contributed by atoms with van der Waals surface area (Å²) in [6.45, 7) is 4.03. The van der Waals surface area contributed by atoms with Crippen LogP contribution in [-0.2, 0) is 10.2 Å². The number of nitrogens with one attached hydrogen (secondary N) is 1. The zero-order valence-corrected chi connectivity index (χ0v) is 12.7. The average Bonchev–Trinajstić information content (AvgIpc) is 2.41. The molecule has 0 aromatic carbocycles. The lowest BCUT2D eigenvalue weighted by Crippen LogP contribution is -2.50. The molecule has 2 fully saturated rings. The maximum atomic E-state index is 12.4. The van der Waals surface area contributed by atoms with Gasteiger partial charge in [0, 0.05) is 19.1 Å². The van der Waals surface area contributed by atoms with Gasteiger partial charge in [0.15, 0.2) is 0 Å². The van der Waals surface area contributed by atoms with Crippen LogP contribution in [0.1, 0.15) is 45.4 Å². The van der Waals surface area contributed by atoms with E-state index >= 15 is 0 Å². The summed E-state index contributed by atoms with van der Waals surface area (Å²) in [6, 6.07) is 0.124. The lowest BCUT2D eigenvalue weighted by Gasteiger charge is -2.34. The average molecular weight is 289 g/mol. The molecule has 0 bridgehead atoms. The third-order valence-corrected chi connectivity index (χ3v) is 6.13. The van der Waals surface area contributed by atoms with Gasteiger partial charge in [0.25, 0.3) is 10.2 Å². The van der Waals surface area contributed by atoms with Gasteiger partial charge < -0.3 is 5.73 Å². The topological polar surface area (TPSA) is 75.4 Å². The molecule has 5 nitrogen and oxygen atoms in total. The Morgan fingerprint density at radius 1 is 1.21 bits per heavy atom. The molecule has 1 aliphatic carbocycles. The number of hydrogen-bond donors (Lipinski definition) is 2. The molecule has 1 unspecified atom stereocenters. The van der Waals surface area contributed by atoms with Crippen molar-refractivity contribution in [2.24, 2.45) is 17.6 Å². The molecule has 2 aliphatic rings. The van der Waals surface area contributed by atoms with E-state index in [-0.39, 0.29) is 6.04 Å². The maximum absolute atomic E-state index is 12.4. The molecule has 3 N–H and O–H groups in total. The van der Waals surface area contributed by atoms with Gasteiger partial charge in [0.1, 0.15) is 0 Å². The Morgan fingerprint density at radius 2 is 1.89 bits per heavy atom. The van der Waals surface area contributed by atoms with Crippen LogP contribution in [0.15, 0.2) is 0 Å². The van der Waals surface area contributed by atoms with E-state index in [4.69, 9.17) is 5.73 Å². The van der Waals surface area contributed by atoms with Gasteiger partial charge in [0.2, 0.25) is 0 Å². The molecule has 19 heavy (non-hydrogen) atoms. The fourth-order valence-corrected chi connectivity index (χ4v) is 4.68. The van der Waals surface area contributed by atoms with Crippen molar-refractivity contribution in [3.63, 3.8) is 0 Å². The quantitative estimate of drug-likeness (QED) is 0.813. The van der Waals surface area contributed by atoms with E-state index in [2.05, 4.69) is 11.6 Å². The number of nitrogens with zero attached hydrogens (tertiary/aromatic N) is 1. The molecule has 1 atom stereocenters. The predicted octanol–water partition coefficient (Wildman–Crippen LogP) is 1.07. The van der Waals surface area contributed by atoms with Crippen LogP contribution in [0.2, 0.25) is 0 Å². The largest absolute Gasteiger partial charge is 0.330 e. The minimum atomic E-state index is -3.32. The molecule has 0 spiro atoms. The van der Waals surface area contributed by atoms with Crippen molar-refractivity contribution < 1.29 is 8.42 Å². The first-order valence-corrected chi connectivity index (χ1v) is 8.92. The van der Waals surface area contributed by atoms with E-state index < -0.39 is 10.2 Å². The monoisotopic (exact) mass is 289 g/mol. The van der Waals surface area contributed by atoms with E-state index in [1.165, 1.54) is 0 Å². The van der Waals surface area contributed by atoms with Crippen LogP contribution in [0.5, 0.6) is 0 Å². The van der Waals surface area contributed by atoms with Gasteiger partial charge in [-0.05, 0) is 56.9 Å². The Kier molecular flexibility index (Phi) is 5.22. The van der Waals surface area contributed by atoms with E-state index in [1.807, 2.05) is 0 Å². The summed E-state index contributed by atoms with van der Waals surface area (Å²) in [4.78, 5) is 0. The van der Waals surface area contributed by atoms with Crippen LogP contribution >= 0.6 is 0 Å². The highest BCUT2D eigenvalue weighted by atomic mass is 32.2. The van der Waals surface area contributed by atoms with Crippen molar-refractivity contribution in [3.05, 3.63) is 0 Å². The summed E-state index contributed by atoms with van der Waals surface area (Å²) in [7, 11) is -3.32. The summed E-state index contributed by atoms with van der Waals surface area (Å²) >= 11 is 0. The Balaban J connectivity index is 1.90. The second-order valence-electron chi connectivity index (χ2n) is 6.18. The Labute approximate surface area is 117 Å².